The first kappa shape index (κ1) is 14.9. The zero-order chi connectivity index (χ0) is 14.4. The number of benzene rings is 1. The molecular formula is C13H13Cl3N2S. The molecule has 2 rings (SSSR count). The highest BCUT2D eigenvalue weighted by Crippen LogP contribution is 2.35. The number of nitrogens with zero attached hydrogens (tertiary/aromatic N) is 1. The number of nitrogens with one attached hydrogen (secondary N) is 1. The van der Waals surface area contributed by atoms with Gasteiger partial charge in [0.15, 0.2) is 4.77 Å². The van der Waals surface area contributed by atoms with E-state index in [1.54, 1.807) is 12.1 Å². The topological polar surface area (TPSA) is 20.7 Å². The molecule has 0 radical (unpaired) electrons. The molecule has 0 fully saturated rings. The summed E-state index contributed by atoms with van der Waals surface area (Å²) in [5, 5.41) is 1.44. The van der Waals surface area contributed by atoms with E-state index >= 15 is 0 Å². The van der Waals surface area contributed by atoms with Crippen molar-refractivity contribution < 1.29 is 0 Å². The van der Waals surface area contributed by atoms with Crippen LogP contribution in [0.5, 0.6) is 0 Å². The predicted molar refractivity (Wildman–Crippen MR) is 84.7 cm³/mol. The predicted octanol–water partition coefficient (Wildman–Crippen LogP) is 5.79. The molecule has 1 N–H and O–H groups in total. The molecule has 0 unspecified atom stereocenters. The third-order valence-corrected chi connectivity index (χ3v) is 3.84. The van der Waals surface area contributed by atoms with Crippen LogP contribution in [0, 0.1) is 4.77 Å². The maximum absolute atomic E-state index is 6.27. The summed E-state index contributed by atoms with van der Waals surface area (Å²) >= 11 is 23.8. The van der Waals surface area contributed by atoms with Crippen LogP contribution >= 0.6 is 47.0 Å². The zero-order valence-electron chi connectivity index (χ0n) is 10.7. The Morgan fingerprint density at radius 3 is 2.11 bits per heavy atom. The Hall–Kier alpha value is -0.480. The maximum Gasteiger partial charge on any atom is 0.182 e. The second-order valence-electron chi connectivity index (χ2n) is 5.28. The lowest BCUT2D eigenvalue weighted by atomic mass is 9.92. The number of aromatic amines is 1. The average molecular weight is 336 g/mol. The van der Waals surface area contributed by atoms with Crippen LogP contribution in [-0.2, 0) is 5.41 Å². The second-order valence-corrected chi connectivity index (χ2v) is 6.92. The fraction of sp³-hybridized carbons (Fsp3) is 0.308. The van der Waals surface area contributed by atoms with Crippen molar-refractivity contribution in [3.63, 3.8) is 0 Å². The van der Waals surface area contributed by atoms with Crippen molar-refractivity contribution in [3.05, 3.63) is 43.9 Å². The molecule has 19 heavy (non-hydrogen) atoms. The largest absolute Gasteiger partial charge is 0.337 e. The first-order valence-corrected chi connectivity index (χ1v) is 7.22. The van der Waals surface area contributed by atoms with Gasteiger partial charge < -0.3 is 4.98 Å². The van der Waals surface area contributed by atoms with E-state index in [9.17, 15) is 0 Å². The summed E-state index contributed by atoms with van der Waals surface area (Å²) in [7, 11) is 0. The van der Waals surface area contributed by atoms with E-state index in [0.29, 0.717) is 25.5 Å². The molecule has 0 atom stereocenters. The minimum atomic E-state index is -0.0974. The normalized spacial score (nSPS) is 11.9. The molecule has 0 saturated heterocycles. The van der Waals surface area contributed by atoms with E-state index in [1.807, 2.05) is 10.8 Å². The fourth-order valence-corrected chi connectivity index (χ4v) is 3.13. The Morgan fingerprint density at radius 1 is 1.11 bits per heavy atom. The first-order valence-electron chi connectivity index (χ1n) is 5.67. The number of rotatable bonds is 1. The number of hydrogen-bond donors (Lipinski definition) is 1. The molecule has 102 valence electrons. The Morgan fingerprint density at radius 2 is 1.63 bits per heavy atom. The van der Waals surface area contributed by atoms with Crippen molar-refractivity contribution >= 4 is 47.0 Å². The van der Waals surface area contributed by atoms with Crippen LogP contribution in [0.25, 0.3) is 5.69 Å². The van der Waals surface area contributed by atoms with Gasteiger partial charge in [-0.05, 0) is 24.4 Å². The Labute approximate surface area is 132 Å². The van der Waals surface area contributed by atoms with Crippen LogP contribution < -0.4 is 0 Å². The van der Waals surface area contributed by atoms with Crippen molar-refractivity contribution in [1.29, 1.82) is 0 Å². The minimum Gasteiger partial charge on any atom is -0.337 e. The van der Waals surface area contributed by atoms with Crippen LogP contribution in [-0.4, -0.2) is 9.55 Å². The molecule has 0 aliphatic heterocycles. The van der Waals surface area contributed by atoms with Crippen molar-refractivity contribution in [1.82, 2.24) is 9.55 Å². The van der Waals surface area contributed by atoms with Gasteiger partial charge in [-0.3, -0.25) is 4.57 Å². The SMILES string of the molecule is CC(C)(C)c1c[nH]c(=S)n1-c1c(Cl)cc(Cl)cc1Cl. The molecular weight excluding hydrogens is 323 g/mol. The molecule has 0 amide bonds. The summed E-state index contributed by atoms with van der Waals surface area (Å²) in [6.45, 7) is 6.29. The second kappa shape index (κ2) is 5.13. The standard InChI is InChI=1S/C13H13Cl3N2S/c1-13(2,3)10-6-17-12(19)18(10)11-8(15)4-7(14)5-9(11)16/h4-6H,1-3H3,(H,17,19). The molecule has 0 bridgehead atoms. The molecule has 2 aromatic rings. The number of halogens is 3. The van der Waals surface area contributed by atoms with Gasteiger partial charge in [0.2, 0.25) is 0 Å². The Kier molecular flexibility index (Phi) is 4.03. The van der Waals surface area contributed by atoms with Crippen LogP contribution in [0.3, 0.4) is 0 Å². The summed E-state index contributed by atoms with van der Waals surface area (Å²) in [5.74, 6) is 0. The van der Waals surface area contributed by atoms with Crippen molar-refractivity contribution in [2.45, 2.75) is 26.2 Å². The van der Waals surface area contributed by atoms with Crippen molar-refractivity contribution in [2.75, 3.05) is 0 Å². The summed E-state index contributed by atoms with van der Waals surface area (Å²) in [6, 6.07) is 3.32. The molecule has 2 nitrogen and oxygen atoms in total. The minimum absolute atomic E-state index is 0.0974. The summed E-state index contributed by atoms with van der Waals surface area (Å²) < 4.78 is 2.41. The quantitative estimate of drug-likeness (QED) is 0.654. The fourth-order valence-electron chi connectivity index (χ4n) is 1.89. The van der Waals surface area contributed by atoms with Gasteiger partial charge >= 0.3 is 0 Å². The monoisotopic (exact) mass is 334 g/mol. The highest BCUT2D eigenvalue weighted by molar-refractivity contribution is 7.71. The smallest absolute Gasteiger partial charge is 0.182 e. The highest BCUT2D eigenvalue weighted by atomic mass is 35.5. The van der Waals surface area contributed by atoms with Gasteiger partial charge in [-0.2, -0.15) is 0 Å². The lowest BCUT2D eigenvalue weighted by Crippen LogP contribution is -2.17. The Bertz CT molecular complexity index is 657. The Balaban J connectivity index is 2.81. The molecule has 1 aromatic carbocycles. The first-order chi connectivity index (χ1) is 8.71. The van der Waals surface area contributed by atoms with E-state index in [1.165, 1.54) is 0 Å². The molecule has 0 aliphatic carbocycles. The number of H-pyrrole nitrogens is 1. The van der Waals surface area contributed by atoms with Gasteiger partial charge in [-0.15, -0.1) is 0 Å². The van der Waals surface area contributed by atoms with Crippen molar-refractivity contribution in [3.8, 4) is 5.69 Å². The number of aromatic nitrogens is 2. The summed E-state index contributed by atoms with van der Waals surface area (Å²) in [5.41, 5.74) is 1.56. The molecule has 6 heteroatoms. The van der Waals surface area contributed by atoms with Crippen LogP contribution in [0.1, 0.15) is 26.5 Å². The molecule has 0 aliphatic rings. The van der Waals surface area contributed by atoms with Gasteiger partial charge in [-0.25, -0.2) is 0 Å². The van der Waals surface area contributed by atoms with Gasteiger partial charge in [0.1, 0.15) is 0 Å². The van der Waals surface area contributed by atoms with Gasteiger partial charge in [0.05, 0.1) is 15.7 Å². The molecule has 0 saturated carbocycles. The van der Waals surface area contributed by atoms with Crippen molar-refractivity contribution in [2.24, 2.45) is 0 Å². The van der Waals surface area contributed by atoms with Gasteiger partial charge in [-0.1, -0.05) is 55.6 Å². The van der Waals surface area contributed by atoms with E-state index in [0.717, 1.165) is 5.69 Å². The summed E-state index contributed by atoms with van der Waals surface area (Å²) in [4.78, 5) is 3.04. The maximum atomic E-state index is 6.27. The van der Waals surface area contributed by atoms with Gasteiger partial charge in [0, 0.05) is 22.3 Å². The van der Waals surface area contributed by atoms with E-state index in [-0.39, 0.29) is 5.41 Å². The van der Waals surface area contributed by atoms with E-state index < -0.39 is 0 Å². The van der Waals surface area contributed by atoms with Crippen LogP contribution in [0.2, 0.25) is 15.1 Å². The van der Waals surface area contributed by atoms with Crippen LogP contribution in [0.4, 0.5) is 0 Å². The third kappa shape index (κ3) is 2.84. The summed E-state index contributed by atoms with van der Waals surface area (Å²) in [6.07, 6.45) is 1.88. The van der Waals surface area contributed by atoms with Gasteiger partial charge in [0.25, 0.3) is 0 Å². The zero-order valence-corrected chi connectivity index (χ0v) is 13.8. The average Bonchev–Trinajstić information content (AvgIpc) is 2.59. The lowest BCUT2D eigenvalue weighted by Gasteiger charge is -2.22. The van der Waals surface area contributed by atoms with E-state index in [2.05, 4.69) is 25.8 Å². The number of imidazole rings is 1. The lowest BCUT2D eigenvalue weighted by molar-refractivity contribution is 0.556. The third-order valence-electron chi connectivity index (χ3n) is 2.75. The highest BCUT2D eigenvalue weighted by Gasteiger charge is 2.22. The number of hydrogen-bond acceptors (Lipinski definition) is 1. The molecule has 0 spiro atoms. The molecule has 1 heterocycles. The molecule has 1 aromatic heterocycles. The van der Waals surface area contributed by atoms with E-state index in [4.69, 9.17) is 47.0 Å². The van der Waals surface area contributed by atoms with Crippen LogP contribution in [0.15, 0.2) is 18.3 Å².